The molecule has 0 aromatic carbocycles. The standard InChI is InChI=1S/C15H29N3O/c1-3-12-7-5-6-8-13(12)18-10-9-16-11-14(18)15(19)17-4-2/h12-14,16H,3-11H2,1-2H3,(H,17,19). The Morgan fingerprint density at radius 1 is 1.32 bits per heavy atom. The number of hydrogen-bond acceptors (Lipinski definition) is 3. The van der Waals surface area contributed by atoms with Gasteiger partial charge < -0.3 is 10.6 Å². The lowest BCUT2D eigenvalue weighted by atomic mass is 9.81. The van der Waals surface area contributed by atoms with Crippen molar-refractivity contribution >= 4 is 5.91 Å². The van der Waals surface area contributed by atoms with Crippen LogP contribution in [0.15, 0.2) is 0 Å². The van der Waals surface area contributed by atoms with Gasteiger partial charge in [0.25, 0.3) is 0 Å². The zero-order valence-electron chi connectivity index (χ0n) is 12.5. The third-order valence-electron chi connectivity index (χ3n) is 4.76. The SMILES string of the molecule is CCNC(=O)C1CNCCN1C1CCCCC1CC. The van der Waals surface area contributed by atoms with Crippen molar-refractivity contribution in [3.8, 4) is 0 Å². The van der Waals surface area contributed by atoms with Gasteiger partial charge >= 0.3 is 0 Å². The number of rotatable bonds is 4. The normalized spacial score (nSPS) is 33.1. The second-order valence-electron chi connectivity index (χ2n) is 5.87. The van der Waals surface area contributed by atoms with Gasteiger partial charge in [0.2, 0.25) is 5.91 Å². The van der Waals surface area contributed by atoms with Crippen LogP contribution in [0, 0.1) is 5.92 Å². The number of carbonyl (C=O) groups excluding carboxylic acids is 1. The molecule has 2 rings (SSSR count). The predicted molar refractivity (Wildman–Crippen MR) is 78.1 cm³/mol. The molecule has 0 aromatic heterocycles. The molecule has 1 saturated carbocycles. The van der Waals surface area contributed by atoms with E-state index in [-0.39, 0.29) is 11.9 Å². The van der Waals surface area contributed by atoms with E-state index in [0.717, 1.165) is 32.1 Å². The first kappa shape index (κ1) is 14.8. The monoisotopic (exact) mass is 267 g/mol. The summed E-state index contributed by atoms with van der Waals surface area (Å²) in [5, 5.41) is 6.37. The van der Waals surface area contributed by atoms with Crippen LogP contribution in [0.3, 0.4) is 0 Å². The Morgan fingerprint density at radius 3 is 2.84 bits per heavy atom. The first-order valence-electron chi connectivity index (χ1n) is 8.02. The Labute approximate surface area is 117 Å². The van der Waals surface area contributed by atoms with Gasteiger partial charge in [0.15, 0.2) is 0 Å². The molecule has 4 nitrogen and oxygen atoms in total. The number of piperazine rings is 1. The molecule has 0 bridgehead atoms. The molecule has 1 aliphatic heterocycles. The molecule has 4 heteroatoms. The fourth-order valence-corrected chi connectivity index (χ4v) is 3.75. The minimum absolute atomic E-state index is 0.0332. The number of nitrogens with one attached hydrogen (secondary N) is 2. The Morgan fingerprint density at radius 2 is 2.11 bits per heavy atom. The van der Waals surface area contributed by atoms with Gasteiger partial charge in [-0.15, -0.1) is 0 Å². The zero-order valence-corrected chi connectivity index (χ0v) is 12.5. The number of carbonyl (C=O) groups is 1. The molecular weight excluding hydrogens is 238 g/mol. The Hall–Kier alpha value is -0.610. The molecule has 1 aliphatic carbocycles. The van der Waals surface area contributed by atoms with Crippen LogP contribution >= 0.6 is 0 Å². The Balaban J connectivity index is 2.06. The zero-order chi connectivity index (χ0) is 13.7. The summed E-state index contributed by atoms with van der Waals surface area (Å²) in [5.41, 5.74) is 0. The van der Waals surface area contributed by atoms with Crippen molar-refractivity contribution in [3.63, 3.8) is 0 Å². The molecule has 2 N–H and O–H groups in total. The molecule has 1 saturated heterocycles. The summed E-state index contributed by atoms with van der Waals surface area (Å²) < 4.78 is 0. The maximum atomic E-state index is 12.3. The molecule has 0 radical (unpaired) electrons. The molecule has 3 unspecified atom stereocenters. The van der Waals surface area contributed by atoms with Crippen molar-refractivity contribution in [2.24, 2.45) is 5.92 Å². The number of nitrogens with zero attached hydrogens (tertiary/aromatic N) is 1. The summed E-state index contributed by atoms with van der Waals surface area (Å²) in [6, 6.07) is 0.652. The minimum atomic E-state index is 0.0332. The van der Waals surface area contributed by atoms with E-state index in [2.05, 4.69) is 22.5 Å². The highest BCUT2D eigenvalue weighted by Crippen LogP contribution is 2.32. The van der Waals surface area contributed by atoms with E-state index in [1.165, 1.54) is 32.1 Å². The van der Waals surface area contributed by atoms with Gasteiger partial charge in [-0.2, -0.15) is 0 Å². The van der Waals surface area contributed by atoms with E-state index < -0.39 is 0 Å². The van der Waals surface area contributed by atoms with E-state index >= 15 is 0 Å². The number of likely N-dealkylation sites (N-methyl/N-ethyl adjacent to an activating group) is 1. The Kier molecular flexibility index (Phi) is 5.64. The highest BCUT2D eigenvalue weighted by atomic mass is 16.2. The highest BCUT2D eigenvalue weighted by molar-refractivity contribution is 5.82. The van der Waals surface area contributed by atoms with Crippen LogP contribution < -0.4 is 10.6 Å². The lowest BCUT2D eigenvalue weighted by Crippen LogP contribution is -2.62. The molecular formula is C15H29N3O. The van der Waals surface area contributed by atoms with Gasteiger partial charge in [-0.1, -0.05) is 26.2 Å². The third-order valence-corrected chi connectivity index (χ3v) is 4.76. The van der Waals surface area contributed by atoms with Crippen LogP contribution in [0.25, 0.3) is 0 Å². The molecule has 0 aromatic rings. The molecule has 1 heterocycles. The molecule has 3 atom stereocenters. The quantitative estimate of drug-likeness (QED) is 0.808. The summed E-state index contributed by atoms with van der Waals surface area (Å²) in [6.07, 6.45) is 6.55. The van der Waals surface area contributed by atoms with E-state index in [1.54, 1.807) is 0 Å². The lowest BCUT2D eigenvalue weighted by molar-refractivity contribution is -0.129. The molecule has 19 heavy (non-hydrogen) atoms. The molecule has 2 fully saturated rings. The molecule has 1 amide bonds. The van der Waals surface area contributed by atoms with Crippen molar-refractivity contribution in [2.45, 2.75) is 58.0 Å². The third kappa shape index (κ3) is 3.48. The average molecular weight is 267 g/mol. The fraction of sp³-hybridized carbons (Fsp3) is 0.933. The van der Waals surface area contributed by atoms with Gasteiger partial charge in [-0.05, 0) is 25.7 Å². The first-order valence-corrected chi connectivity index (χ1v) is 8.02. The van der Waals surface area contributed by atoms with Crippen LogP contribution in [-0.4, -0.2) is 49.1 Å². The summed E-state index contributed by atoms with van der Waals surface area (Å²) in [6.45, 7) is 7.86. The highest BCUT2D eigenvalue weighted by Gasteiger charge is 2.37. The fourth-order valence-electron chi connectivity index (χ4n) is 3.75. The Bertz CT molecular complexity index is 295. The van der Waals surface area contributed by atoms with Gasteiger partial charge in [-0.25, -0.2) is 0 Å². The van der Waals surface area contributed by atoms with Crippen molar-refractivity contribution in [1.82, 2.24) is 15.5 Å². The predicted octanol–water partition coefficient (Wildman–Crippen LogP) is 1.37. The van der Waals surface area contributed by atoms with E-state index in [0.29, 0.717) is 6.04 Å². The van der Waals surface area contributed by atoms with Crippen LogP contribution in [-0.2, 0) is 4.79 Å². The van der Waals surface area contributed by atoms with E-state index in [4.69, 9.17) is 0 Å². The molecule has 2 aliphatic rings. The van der Waals surface area contributed by atoms with Gasteiger partial charge in [0, 0.05) is 32.2 Å². The summed E-state index contributed by atoms with van der Waals surface area (Å²) in [4.78, 5) is 14.7. The second-order valence-corrected chi connectivity index (χ2v) is 5.87. The van der Waals surface area contributed by atoms with E-state index in [1.807, 2.05) is 6.92 Å². The number of hydrogen-bond donors (Lipinski definition) is 2. The van der Waals surface area contributed by atoms with Crippen LogP contribution in [0.5, 0.6) is 0 Å². The smallest absolute Gasteiger partial charge is 0.238 e. The van der Waals surface area contributed by atoms with Crippen molar-refractivity contribution in [1.29, 1.82) is 0 Å². The average Bonchev–Trinajstić information content (AvgIpc) is 2.47. The van der Waals surface area contributed by atoms with Crippen molar-refractivity contribution < 1.29 is 4.79 Å². The minimum Gasteiger partial charge on any atom is -0.355 e. The largest absolute Gasteiger partial charge is 0.355 e. The van der Waals surface area contributed by atoms with Crippen LogP contribution in [0.4, 0.5) is 0 Å². The topological polar surface area (TPSA) is 44.4 Å². The lowest BCUT2D eigenvalue weighted by Gasteiger charge is -2.45. The van der Waals surface area contributed by atoms with Crippen LogP contribution in [0.1, 0.15) is 46.0 Å². The maximum absolute atomic E-state index is 12.3. The molecule has 0 spiro atoms. The van der Waals surface area contributed by atoms with Crippen molar-refractivity contribution in [3.05, 3.63) is 0 Å². The van der Waals surface area contributed by atoms with Gasteiger partial charge in [-0.3, -0.25) is 9.69 Å². The van der Waals surface area contributed by atoms with E-state index in [9.17, 15) is 4.79 Å². The van der Waals surface area contributed by atoms with Gasteiger partial charge in [0.05, 0.1) is 0 Å². The van der Waals surface area contributed by atoms with Crippen LogP contribution in [0.2, 0.25) is 0 Å². The summed E-state index contributed by atoms with van der Waals surface area (Å²) in [7, 11) is 0. The first-order chi connectivity index (χ1) is 9.27. The molecule has 110 valence electrons. The summed E-state index contributed by atoms with van der Waals surface area (Å²) in [5.74, 6) is 0.985. The van der Waals surface area contributed by atoms with Crippen molar-refractivity contribution in [2.75, 3.05) is 26.2 Å². The summed E-state index contributed by atoms with van der Waals surface area (Å²) >= 11 is 0. The second kappa shape index (κ2) is 7.25. The van der Waals surface area contributed by atoms with Gasteiger partial charge in [0.1, 0.15) is 6.04 Å². The number of amides is 1. The maximum Gasteiger partial charge on any atom is 0.238 e.